The van der Waals surface area contributed by atoms with E-state index in [-0.39, 0.29) is 30.0 Å². The van der Waals surface area contributed by atoms with E-state index in [0.717, 1.165) is 12.8 Å². The van der Waals surface area contributed by atoms with Crippen LogP contribution in [-0.2, 0) is 11.3 Å². The number of carbonyl (C=O) groups is 2. The molecule has 0 radical (unpaired) electrons. The lowest BCUT2D eigenvalue weighted by atomic mass is 10.1. The second-order valence-corrected chi connectivity index (χ2v) is 7.33. The van der Waals surface area contributed by atoms with Gasteiger partial charge < -0.3 is 15.4 Å². The number of aryl methyl sites for hydroxylation is 2. The molecule has 0 saturated heterocycles. The molecule has 0 atom stereocenters. The minimum atomic E-state index is -4.40. The third kappa shape index (κ3) is 6.20. The number of nitrogens with one attached hydrogen (secondary N) is 2. The Hall–Kier alpha value is -3.10. The van der Waals surface area contributed by atoms with Crippen LogP contribution in [0.4, 0.5) is 19.0 Å². The number of carbonyl (C=O) groups excluding carboxylic acids is 2. The lowest BCUT2D eigenvalue weighted by molar-refractivity contribution is -0.153. The molecule has 3 rings (SSSR count). The fourth-order valence-corrected chi connectivity index (χ4v) is 2.86. The second-order valence-electron chi connectivity index (χ2n) is 7.33. The van der Waals surface area contributed by atoms with E-state index in [0.29, 0.717) is 28.2 Å². The largest absolute Gasteiger partial charge is 0.484 e. The number of ether oxygens (including phenoxy) is 1. The highest BCUT2D eigenvalue weighted by Gasteiger charge is 2.30. The number of amides is 2. The lowest BCUT2D eigenvalue weighted by Gasteiger charge is -2.13. The third-order valence-corrected chi connectivity index (χ3v) is 4.50. The summed E-state index contributed by atoms with van der Waals surface area (Å²) in [6, 6.07) is 7.83. The summed E-state index contributed by atoms with van der Waals surface area (Å²) in [7, 11) is 0. The smallest absolute Gasteiger partial charge is 0.422 e. The van der Waals surface area contributed by atoms with Crippen molar-refractivity contribution in [3.63, 3.8) is 0 Å². The van der Waals surface area contributed by atoms with E-state index in [2.05, 4.69) is 15.6 Å². The van der Waals surface area contributed by atoms with E-state index in [4.69, 9.17) is 4.74 Å². The van der Waals surface area contributed by atoms with Crippen LogP contribution in [0.1, 0.15) is 40.0 Å². The van der Waals surface area contributed by atoms with Crippen LogP contribution in [0.3, 0.4) is 0 Å². The summed E-state index contributed by atoms with van der Waals surface area (Å²) in [6.45, 7) is 2.19. The van der Waals surface area contributed by atoms with E-state index >= 15 is 0 Å². The second kappa shape index (κ2) is 8.73. The Balaban J connectivity index is 1.60. The number of pyridine rings is 1. The number of rotatable bonds is 7. The molecule has 1 aromatic heterocycles. The molecule has 2 aromatic rings. The lowest BCUT2D eigenvalue weighted by Crippen LogP contribution is -2.24. The van der Waals surface area contributed by atoms with Gasteiger partial charge in [0.2, 0.25) is 5.91 Å². The van der Waals surface area contributed by atoms with Gasteiger partial charge in [0.05, 0.1) is 0 Å². The van der Waals surface area contributed by atoms with Gasteiger partial charge in [0.25, 0.3) is 5.91 Å². The zero-order chi connectivity index (χ0) is 21.9. The topological polar surface area (TPSA) is 80.3 Å². The molecule has 0 aliphatic heterocycles. The number of benzene rings is 1. The average molecular weight is 421 g/mol. The Morgan fingerprint density at radius 2 is 1.90 bits per heavy atom. The van der Waals surface area contributed by atoms with E-state index in [1.165, 1.54) is 12.1 Å². The van der Waals surface area contributed by atoms with Crippen molar-refractivity contribution in [2.45, 2.75) is 39.4 Å². The summed E-state index contributed by atoms with van der Waals surface area (Å²) in [5.74, 6) is 0.0541. The van der Waals surface area contributed by atoms with Crippen molar-refractivity contribution in [1.82, 2.24) is 10.3 Å². The normalized spacial score (nSPS) is 13.6. The molecule has 1 aliphatic rings. The predicted molar refractivity (Wildman–Crippen MR) is 104 cm³/mol. The molecule has 1 aliphatic carbocycles. The zero-order valence-corrected chi connectivity index (χ0v) is 16.6. The van der Waals surface area contributed by atoms with Crippen molar-refractivity contribution in [3.8, 4) is 5.75 Å². The van der Waals surface area contributed by atoms with Crippen molar-refractivity contribution in [2.24, 2.45) is 5.92 Å². The van der Waals surface area contributed by atoms with Crippen molar-refractivity contribution >= 4 is 17.6 Å². The first kappa shape index (κ1) is 21.6. The van der Waals surface area contributed by atoms with Crippen molar-refractivity contribution in [3.05, 3.63) is 52.7 Å². The number of aromatic nitrogens is 1. The highest BCUT2D eigenvalue weighted by atomic mass is 19.4. The number of halogens is 3. The monoisotopic (exact) mass is 421 g/mol. The van der Waals surface area contributed by atoms with Gasteiger partial charge in [-0.3, -0.25) is 9.59 Å². The molecular weight excluding hydrogens is 399 g/mol. The number of anilines is 1. The first-order valence-electron chi connectivity index (χ1n) is 9.47. The van der Waals surface area contributed by atoms with E-state index in [1.54, 1.807) is 32.0 Å². The van der Waals surface area contributed by atoms with Gasteiger partial charge in [0.1, 0.15) is 11.6 Å². The highest BCUT2D eigenvalue weighted by molar-refractivity contribution is 5.97. The maximum absolute atomic E-state index is 12.5. The standard InChI is InChI=1S/C21H22F3N3O3/c1-12-7-14(3-6-17(12)30-11-21(22,23)24)10-25-19(28)16-8-13(2)26-18(9-16)27-20(29)15-4-5-15/h3,6-9,15H,4-5,10-11H2,1-2H3,(H,25,28)(H,26,27,29). The Bertz CT molecular complexity index is 956. The van der Waals surface area contributed by atoms with Crippen LogP contribution in [0.5, 0.6) is 5.75 Å². The zero-order valence-electron chi connectivity index (χ0n) is 16.6. The SMILES string of the molecule is Cc1cc(C(=O)NCc2ccc(OCC(F)(F)F)c(C)c2)cc(NC(=O)C2CC2)n1. The van der Waals surface area contributed by atoms with Crippen molar-refractivity contribution in [2.75, 3.05) is 11.9 Å². The molecule has 1 saturated carbocycles. The van der Waals surface area contributed by atoms with Gasteiger partial charge in [-0.05, 0) is 56.0 Å². The molecule has 0 spiro atoms. The van der Waals surface area contributed by atoms with E-state index in [1.807, 2.05) is 0 Å². The summed E-state index contributed by atoms with van der Waals surface area (Å²) in [6.07, 6.45) is -2.67. The van der Waals surface area contributed by atoms with Crippen LogP contribution in [0.25, 0.3) is 0 Å². The average Bonchev–Trinajstić information content (AvgIpc) is 3.49. The van der Waals surface area contributed by atoms with E-state index < -0.39 is 12.8 Å². The number of nitrogens with zero attached hydrogens (tertiary/aromatic N) is 1. The van der Waals surface area contributed by atoms with Crippen molar-refractivity contribution in [1.29, 1.82) is 0 Å². The Morgan fingerprint density at radius 3 is 2.53 bits per heavy atom. The van der Waals surface area contributed by atoms with Gasteiger partial charge in [-0.2, -0.15) is 13.2 Å². The molecule has 9 heteroatoms. The van der Waals surface area contributed by atoms with E-state index in [9.17, 15) is 22.8 Å². The first-order valence-corrected chi connectivity index (χ1v) is 9.47. The van der Waals surface area contributed by atoms with Gasteiger partial charge in [0.15, 0.2) is 6.61 Å². The van der Waals surface area contributed by atoms with Crippen LogP contribution < -0.4 is 15.4 Å². The number of hydrogen-bond acceptors (Lipinski definition) is 4. The molecule has 160 valence electrons. The fourth-order valence-electron chi connectivity index (χ4n) is 2.86. The number of hydrogen-bond donors (Lipinski definition) is 2. The van der Waals surface area contributed by atoms with Gasteiger partial charge in [-0.25, -0.2) is 4.98 Å². The highest BCUT2D eigenvalue weighted by Crippen LogP contribution is 2.30. The summed E-state index contributed by atoms with van der Waals surface area (Å²) in [4.78, 5) is 28.7. The number of alkyl halides is 3. The summed E-state index contributed by atoms with van der Waals surface area (Å²) in [5, 5.41) is 5.49. The molecule has 1 aromatic carbocycles. The van der Waals surface area contributed by atoms with Crippen LogP contribution in [-0.4, -0.2) is 29.6 Å². The minimum Gasteiger partial charge on any atom is -0.484 e. The molecule has 1 fully saturated rings. The molecule has 6 nitrogen and oxygen atoms in total. The quantitative estimate of drug-likeness (QED) is 0.710. The summed E-state index contributed by atoms with van der Waals surface area (Å²) >= 11 is 0. The van der Waals surface area contributed by atoms with Gasteiger partial charge in [-0.1, -0.05) is 12.1 Å². The summed E-state index contributed by atoms with van der Waals surface area (Å²) in [5.41, 5.74) is 2.20. The van der Waals surface area contributed by atoms with Crippen LogP contribution in [0.2, 0.25) is 0 Å². The van der Waals surface area contributed by atoms with Gasteiger partial charge >= 0.3 is 6.18 Å². The summed E-state index contributed by atoms with van der Waals surface area (Å²) < 4.78 is 41.7. The third-order valence-electron chi connectivity index (χ3n) is 4.50. The molecular formula is C21H22F3N3O3. The maximum Gasteiger partial charge on any atom is 0.422 e. The fraction of sp³-hybridized carbons (Fsp3) is 0.381. The molecule has 2 amide bonds. The van der Waals surface area contributed by atoms with Crippen LogP contribution >= 0.6 is 0 Å². The Labute approximate surface area is 171 Å². The molecule has 1 heterocycles. The Morgan fingerprint density at radius 1 is 1.17 bits per heavy atom. The van der Waals surface area contributed by atoms with Crippen molar-refractivity contribution < 1.29 is 27.5 Å². The first-order chi connectivity index (χ1) is 14.1. The maximum atomic E-state index is 12.5. The molecule has 30 heavy (non-hydrogen) atoms. The molecule has 0 bridgehead atoms. The van der Waals surface area contributed by atoms with Crippen LogP contribution in [0, 0.1) is 19.8 Å². The molecule has 0 unspecified atom stereocenters. The van der Waals surface area contributed by atoms with Crippen LogP contribution in [0.15, 0.2) is 30.3 Å². The Kier molecular flexibility index (Phi) is 6.28. The van der Waals surface area contributed by atoms with Gasteiger partial charge in [0, 0.05) is 23.7 Å². The predicted octanol–water partition coefficient (Wildman–Crippen LogP) is 3.92. The minimum absolute atomic E-state index is 0.0240. The molecule has 2 N–H and O–H groups in total. The van der Waals surface area contributed by atoms with Gasteiger partial charge in [-0.15, -0.1) is 0 Å².